The number of benzene rings is 3. The van der Waals surface area contributed by atoms with Crippen LogP contribution in [0.5, 0.6) is 11.5 Å². The van der Waals surface area contributed by atoms with Crippen molar-refractivity contribution in [1.29, 1.82) is 0 Å². The quantitative estimate of drug-likeness (QED) is 0.272. The molecule has 4 aromatic rings. The van der Waals surface area contributed by atoms with Crippen molar-refractivity contribution < 1.29 is 18.7 Å². The Hall–Kier alpha value is -3.38. The Morgan fingerprint density at radius 3 is 2.32 bits per heavy atom. The molecule has 0 N–H and O–H groups in total. The molecule has 6 heteroatoms. The van der Waals surface area contributed by atoms with Crippen molar-refractivity contribution in [1.82, 2.24) is 0 Å². The van der Waals surface area contributed by atoms with Crippen LogP contribution in [0, 0.1) is 6.92 Å². The third kappa shape index (κ3) is 4.54. The molecule has 0 spiro atoms. The van der Waals surface area contributed by atoms with Gasteiger partial charge in [0.15, 0.2) is 0 Å². The average molecular weight is 479 g/mol. The van der Waals surface area contributed by atoms with Crippen LogP contribution in [0.1, 0.15) is 11.3 Å². The van der Waals surface area contributed by atoms with Crippen LogP contribution in [0.25, 0.3) is 22.1 Å². The molecule has 4 rings (SSSR count). The fraction of sp³-hybridized carbons (Fsp3) is 0.120. The fourth-order valence-corrected chi connectivity index (χ4v) is 3.64. The number of aryl methyl sites for hydroxylation is 1. The molecule has 1 aromatic heterocycles. The number of ether oxygens (including phenoxy) is 2. The van der Waals surface area contributed by atoms with Gasteiger partial charge in [-0.05, 0) is 54.4 Å². The molecule has 0 aliphatic rings. The molecule has 31 heavy (non-hydrogen) atoms. The summed E-state index contributed by atoms with van der Waals surface area (Å²) in [7, 11) is 1.59. The van der Waals surface area contributed by atoms with Gasteiger partial charge in [-0.2, -0.15) is 0 Å². The van der Waals surface area contributed by atoms with Crippen LogP contribution in [0.3, 0.4) is 0 Å². The predicted octanol–water partition coefficient (Wildman–Crippen LogP) is 5.69. The minimum atomic E-state index is -0.407. The smallest absolute Gasteiger partial charge is 0.315 e. The number of hydrogen-bond donors (Lipinski definition) is 0. The van der Waals surface area contributed by atoms with E-state index in [4.69, 9.17) is 13.9 Å². The monoisotopic (exact) mass is 478 g/mol. The summed E-state index contributed by atoms with van der Waals surface area (Å²) in [6.07, 6.45) is 0.119. The van der Waals surface area contributed by atoms with Crippen LogP contribution >= 0.6 is 15.9 Å². The molecule has 0 fully saturated rings. The first-order chi connectivity index (χ1) is 14.9. The summed E-state index contributed by atoms with van der Waals surface area (Å²) in [4.78, 5) is 25.4. The van der Waals surface area contributed by atoms with Crippen molar-refractivity contribution in [2.24, 2.45) is 0 Å². The van der Waals surface area contributed by atoms with Gasteiger partial charge in [0.1, 0.15) is 22.8 Å². The second-order valence-electron chi connectivity index (χ2n) is 7.03. The Labute approximate surface area is 187 Å². The molecule has 0 saturated heterocycles. The van der Waals surface area contributed by atoms with Crippen molar-refractivity contribution in [2.45, 2.75) is 13.3 Å². The van der Waals surface area contributed by atoms with E-state index >= 15 is 0 Å². The van der Waals surface area contributed by atoms with Crippen LogP contribution in [0.2, 0.25) is 0 Å². The molecule has 1 heterocycles. The van der Waals surface area contributed by atoms with Gasteiger partial charge < -0.3 is 13.9 Å². The number of halogens is 1. The number of fused-ring (bicyclic) bond motifs is 1. The molecule has 5 nitrogen and oxygen atoms in total. The largest absolute Gasteiger partial charge is 0.497 e. The van der Waals surface area contributed by atoms with Crippen LogP contribution in [0.15, 0.2) is 80.4 Å². The fourth-order valence-electron chi connectivity index (χ4n) is 3.38. The summed E-state index contributed by atoms with van der Waals surface area (Å²) in [5, 5.41) is 0.429. The molecule has 3 aromatic carbocycles. The zero-order valence-corrected chi connectivity index (χ0v) is 18.6. The maximum absolute atomic E-state index is 13.1. The molecule has 0 radical (unpaired) electrons. The second-order valence-corrected chi connectivity index (χ2v) is 7.94. The first kappa shape index (κ1) is 20.9. The van der Waals surface area contributed by atoms with Crippen LogP contribution in [-0.2, 0) is 11.2 Å². The van der Waals surface area contributed by atoms with Crippen LogP contribution in [-0.4, -0.2) is 13.1 Å². The standard InChI is InChI=1S/C25H19BrO5/c1-15-24(17-5-7-18(26)8-6-17)25(28)21-12-11-20(14-22(21)30-15)31-23(27)13-16-3-9-19(29-2)10-4-16/h3-12,14H,13H2,1-2H3. The molecule has 0 saturated carbocycles. The third-order valence-corrected chi connectivity index (χ3v) is 5.44. The van der Waals surface area contributed by atoms with Gasteiger partial charge in [-0.1, -0.05) is 40.2 Å². The highest BCUT2D eigenvalue weighted by atomic mass is 79.9. The van der Waals surface area contributed by atoms with Crippen LogP contribution < -0.4 is 14.9 Å². The van der Waals surface area contributed by atoms with Gasteiger partial charge in [-0.15, -0.1) is 0 Å². The highest BCUT2D eigenvalue weighted by Crippen LogP contribution is 2.27. The molecule has 0 amide bonds. The maximum Gasteiger partial charge on any atom is 0.315 e. The van der Waals surface area contributed by atoms with Gasteiger partial charge in [0.25, 0.3) is 0 Å². The lowest BCUT2D eigenvalue weighted by Gasteiger charge is -2.09. The van der Waals surface area contributed by atoms with Gasteiger partial charge in [-0.3, -0.25) is 9.59 Å². The minimum Gasteiger partial charge on any atom is -0.497 e. The Balaban J connectivity index is 1.59. The lowest BCUT2D eigenvalue weighted by Crippen LogP contribution is -2.12. The molecule has 0 aliphatic carbocycles. The van der Waals surface area contributed by atoms with E-state index in [9.17, 15) is 9.59 Å². The van der Waals surface area contributed by atoms with E-state index in [-0.39, 0.29) is 11.8 Å². The first-order valence-electron chi connectivity index (χ1n) is 9.61. The molecule has 0 atom stereocenters. The van der Waals surface area contributed by atoms with Gasteiger partial charge in [0.05, 0.1) is 24.5 Å². The molecular formula is C25H19BrO5. The summed E-state index contributed by atoms with van der Waals surface area (Å²) in [5.74, 6) is 1.14. The molecule has 0 unspecified atom stereocenters. The topological polar surface area (TPSA) is 65.7 Å². The summed E-state index contributed by atoms with van der Waals surface area (Å²) in [5.41, 5.74) is 2.36. The SMILES string of the molecule is COc1ccc(CC(=O)Oc2ccc3c(=O)c(-c4ccc(Br)cc4)c(C)oc3c2)cc1. The number of esters is 1. The maximum atomic E-state index is 13.1. The van der Waals surface area contributed by atoms with Crippen molar-refractivity contribution in [2.75, 3.05) is 7.11 Å². The van der Waals surface area contributed by atoms with E-state index in [1.54, 1.807) is 44.4 Å². The van der Waals surface area contributed by atoms with Crippen LogP contribution in [0.4, 0.5) is 0 Å². The first-order valence-corrected chi connectivity index (χ1v) is 10.4. The molecule has 156 valence electrons. The number of hydrogen-bond acceptors (Lipinski definition) is 5. The van der Waals surface area contributed by atoms with Gasteiger partial charge in [0, 0.05) is 10.5 Å². The van der Waals surface area contributed by atoms with E-state index < -0.39 is 5.97 Å². The normalized spacial score (nSPS) is 10.8. The zero-order valence-electron chi connectivity index (χ0n) is 17.0. The van der Waals surface area contributed by atoms with Crippen molar-refractivity contribution in [3.63, 3.8) is 0 Å². The average Bonchev–Trinajstić information content (AvgIpc) is 2.75. The summed E-state index contributed by atoms with van der Waals surface area (Å²) in [6.45, 7) is 1.75. The van der Waals surface area contributed by atoms with E-state index in [0.717, 1.165) is 21.3 Å². The van der Waals surface area contributed by atoms with Gasteiger partial charge >= 0.3 is 5.97 Å². The van der Waals surface area contributed by atoms with Crippen molar-refractivity contribution in [3.8, 4) is 22.6 Å². The number of carbonyl (C=O) groups excluding carboxylic acids is 1. The Bertz CT molecular complexity index is 1310. The summed E-state index contributed by atoms with van der Waals surface area (Å²) in [6, 6.07) is 19.5. The summed E-state index contributed by atoms with van der Waals surface area (Å²) < 4.78 is 17.4. The zero-order chi connectivity index (χ0) is 22.0. The van der Waals surface area contributed by atoms with E-state index in [2.05, 4.69) is 15.9 Å². The van der Waals surface area contributed by atoms with E-state index in [1.165, 1.54) is 0 Å². The van der Waals surface area contributed by atoms with E-state index in [1.807, 2.05) is 36.4 Å². The van der Waals surface area contributed by atoms with Gasteiger partial charge in [0.2, 0.25) is 5.43 Å². The molecule has 0 aliphatic heterocycles. The highest BCUT2D eigenvalue weighted by Gasteiger charge is 2.15. The minimum absolute atomic E-state index is 0.119. The number of methoxy groups -OCH3 is 1. The predicted molar refractivity (Wildman–Crippen MR) is 123 cm³/mol. The third-order valence-electron chi connectivity index (χ3n) is 4.91. The lowest BCUT2D eigenvalue weighted by atomic mass is 10.0. The number of rotatable bonds is 5. The van der Waals surface area contributed by atoms with Crippen molar-refractivity contribution in [3.05, 3.63) is 92.7 Å². The number of carbonyl (C=O) groups is 1. The lowest BCUT2D eigenvalue weighted by molar-refractivity contribution is -0.133. The Kier molecular flexibility index (Phi) is 5.91. The molecule has 0 bridgehead atoms. The Morgan fingerprint density at radius 1 is 0.968 bits per heavy atom. The van der Waals surface area contributed by atoms with Crippen molar-refractivity contribution >= 4 is 32.9 Å². The Morgan fingerprint density at radius 2 is 1.65 bits per heavy atom. The highest BCUT2D eigenvalue weighted by molar-refractivity contribution is 9.10. The second kappa shape index (κ2) is 8.78. The van der Waals surface area contributed by atoms with E-state index in [0.29, 0.717) is 28.0 Å². The molecular weight excluding hydrogens is 460 g/mol. The summed E-state index contributed by atoms with van der Waals surface area (Å²) >= 11 is 3.40. The van der Waals surface area contributed by atoms with Gasteiger partial charge in [-0.25, -0.2) is 0 Å².